The average Bonchev–Trinajstić information content (AvgIpc) is 3.14. The summed E-state index contributed by atoms with van der Waals surface area (Å²) in [5, 5.41) is -0.788. The highest BCUT2D eigenvalue weighted by molar-refractivity contribution is 7.47. The summed E-state index contributed by atoms with van der Waals surface area (Å²) in [6.45, 7) is 20.1. The molecule has 16 heteroatoms. The lowest BCUT2D eigenvalue weighted by Gasteiger charge is -2.43. The number of phosphoric ester groups is 1. The lowest BCUT2D eigenvalue weighted by Crippen LogP contribution is -2.55. The molecule has 5 atom stereocenters. The highest BCUT2D eigenvalue weighted by Crippen LogP contribution is 2.46. The molecule has 0 saturated carbocycles. The van der Waals surface area contributed by atoms with Crippen molar-refractivity contribution < 1.29 is 54.4 Å². The fourth-order valence-corrected chi connectivity index (χ4v) is 7.07. The third kappa shape index (κ3) is 8.42. The van der Waals surface area contributed by atoms with Gasteiger partial charge in [-0.25, -0.2) is 9.36 Å². The summed E-state index contributed by atoms with van der Waals surface area (Å²) in [7, 11) is -8.42. The average molecular weight is 685 g/mol. The maximum atomic E-state index is 13.6. The van der Waals surface area contributed by atoms with Gasteiger partial charge in [-0.1, -0.05) is 41.5 Å². The summed E-state index contributed by atoms with van der Waals surface area (Å²) in [5.74, 6) is 0.0474. The molecule has 0 aliphatic carbocycles. The van der Waals surface area contributed by atoms with Crippen molar-refractivity contribution in [2.75, 3.05) is 13.7 Å². The number of fused-ring (bicyclic) bond motifs is 1. The molecule has 1 aliphatic heterocycles. The molecule has 0 spiro atoms. The van der Waals surface area contributed by atoms with Crippen LogP contribution >= 0.6 is 7.82 Å². The Morgan fingerprint density at radius 1 is 0.932 bits per heavy atom. The van der Waals surface area contributed by atoms with Gasteiger partial charge >= 0.3 is 19.6 Å². The molecule has 1 aromatic carbocycles. The molecule has 1 saturated heterocycles. The Bertz CT molecular complexity index is 1430. The van der Waals surface area contributed by atoms with Crippen LogP contribution in [0, 0.1) is 0 Å². The van der Waals surface area contributed by atoms with Crippen LogP contribution in [-0.2, 0) is 33.4 Å². The summed E-state index contributed by atoms with van der Waals surface area (Å²) < 4.78 is 93.9. The Labute approximate surface area is 258 Å². The standard InChI is InChI=1S/C28H44F3O10PSi2/c1-26(2,3)43(8,9)40-23-21(16-36-42(33,34)35-7)39-25(24(23)41-44(10,11)27(4,5)6)37-17-12-13-18-19(28(29,30)31)15-22(32)38-20(18)14-17/h12-15,21,23-25H,16H2,1-11H3,(H,33,34)/t21-,23?,24?,25?/m1/s1. The molecule has 10 nitrogen and oxygen atoms in total. The second kappa shape index (κ2) is 12.6. The molecular weight excluding hydrogens is 640 g/mol. The van der Waals surface area contributed by atoms with Gasteiger partial charge in [0, 0.05) is 24.6 Å². The zero-order valence-electron chi connectivity index (χ0n) is 27.0. The lowest BCUT2D eigenvalue weighted by atomic mass is 10.1. The van der Waals surface area contributed by atoms with E-state index >= 15 is 0 Å². The number of alkyl halides is 3. The summed E-state index contributed by atoms with van der Waals surface area (Å²) in [4.78, 5) is 21.9. The number of hydrogen-bond donors (Lipinski definition) is 1. The van der Waals surface area contributed by atoms with Crippen LogP contribution in [0.1, 0.15) is 47.1 Å². The van der Waals surface area contributed by atoms with Gasteiger partial charge in [0.2, 0.25) is 6.29 Å². The summed E-state index contributed by atoms with van der Waals surface area (Å²) >= 11 is 0. The third-order valence-electron chi connectivity index (χ3n) is 8.65. The van der Waals surface area contributed by atoms with Crippen molar-refractivity contribution in [2.45, 2.75) is 109 Å². The maximum absolute atomic E-state index is 13.6. The highest BCUT2D eigenvalue weighted by atomic mass is 31.2. The number of benzene rings is 1. The van der Waals surface area contributed by atoms with Gasteiger partial charge in [-0.3, -0.25) is 9.05 Å². The number of phosphoric acid groups is 1. The fourth-order valence-electron chi connectivity index (χ4n) is 4.03. The van der Waals surface area contributed by atoms with E-state index in [1.807, 2.05) is 26.2 Å². The molecule has 2 heterocycles. The summed E-state index contributed by atoms with van der Waals surface area (Å²) in [6.07, 6.45) is -8.59. The number of halogens is 3. The minimum absolute atomic E-state index is 0.0474. The van der Waals surface area contributed by atoms with Crippen LogP contribution in [0.5, 0.6) is 5.75 Å². The van der Waals surface area contributed by atoms with Crippen molar-refractivity contribution in [1.29, 1.82) is 0 Å². The Balaban J connectivity index is 2.10. The zero-order valence-corrected chi connectivity index (χ0v) is 29.9. The minimum atomic E-state index is -4.77. The van der Waals surface area contributed by atoms with Crippen LogP contribution in [-0.4, -0.2) is 59.8 Å². The van der Waals surface area contributed by atoms with Gasteiger partial charge in [0.05, 0.1) is 12.2 Å². The van der Waals surface area contributed by atoms with E-state index in [4.69, 9.17) is 27.3 Å². The molecule has 4 unspecified atom stereocenters. The molecule has 3 rings (SSSR count). The molecule has 2 aromatic rings. The quantitative estimate of drug-likeness (QED) is 0.153. The molecule has 1 fully saturated rings. The fraction of sp³-hybridized carbons (Fsp3) is 0.679. The first-order valence-electron chi connectivity index (χ1n) is 14.1. The topological polar surface area (TPSA) is 123 Å². The van der Waals surface area contributed by atoms with Crippen LogP contribution in [0.3, 0.4) is 0 Å². The van der Waals surface area contributed by atoms with Crippen molar-refractivity contribution in [3.63, 3.8) is 0 Å². The van der Waals surface area contributed by atoms with E-state index in [-0.39, 0.29) is 26.8 Å². The summed E-state index contributed by atoms with van der Waals surface area (Å²) in [5.41, 5.74) is -2.61. The van der Waals surface area contributed by atoms with Gasteiger partial charge in [-0.15, -0.1) is 0 Å². The molecule has 1 aromatic heterocycles. The van der Waals surface area contributed by atoms with Gasteiger partial charge in [0.15, 0.2) is 16.6 Å². The Morgan fingerprint density at radius 2 is 1.48 bits per heavy atom. The summed E-state index contributed by atoms with van der Waals surface area (Å²) in [6, 6.07) is 4.04. The highest BCUT2D eigenvalue weighted by Gasteiger charge is 2.55. The van der Waals surface area contributed by atoms with E-state index in [0.717, 1.165) is 13.2 Å². The maximum Gasteiger partial charge on any atom is 0.472 e. The van der Waals surface area contributed by atoms with Gasteiger partial charge in [0.1, 0.15) is 29.6 Å². The van der Waals surface area contributed by atoms with Crippen LogP contribution in [0.15, 0.2) is 33.5 Å². The monoisotopic (exact) mass is 684 g/mol. The third-order valence-corrected chi connectivity index (χ3v) is 18.5. The Morgan fingerprint density at radius 3 is 1.98 bits per heavy atom. The van der Waals surface area contributed by atoms with Crippen LogP contribution in [0.4, 0.5) is 13.2 Å². The van der Waals surface area contributed by atoms with Gasteiger partial charge in [0.25, 0.3) is 0 Å². The molecule has 0 radical (unpaired) electrons. The second-order valence-corrected chi connectivity index (χ2v) is 25.0. The molecule has 0 amide bonds. The van der Waals surface area contributed by atoms with E-state index in [0.29, 0.717) is 6.07 Å². The Kier molecular flexibility index (Phi) is 10.5. The molecule has 250 valence electrons. The normalized spacial score (nSPS) is 23.6. The molecule has 44 heavy (non-hydrogen) atoms. The number of hydrogen-bond acceptors (Lipinski definition) is 9. The van der Waals surface area contributed by atoms with Crippen molar-refractivity contribution in [3.05, 3.63) is 40.2 Å². The first-order valence-corrected chi connectivity index (χ1v) is 21.5. The van der Waals surface area contributed by atoms with Gasteiger partial charge in [-0.05, 0) is 48.4 Å². The van der Waals surface area contributed by atoms with E-state index in [1.54, 1.807) is 0 Å². The van der Waals surface area contributed by atoms with Gasteiger partial charge < -0.3 is 27.6 Å². The van der Waals surface area contributed by atoms with Crippen LogP contribution < -0.4 is 10.4 Å². The van der Waals surface area contributed by atoms with Crippen molar-refractivity contribution in [2.24, 2.45) is 0 Å². The van der Waals surface area contributed by atoms with Gasteiger partial charge in [-0.2, -0.15) is 13.2 Å². The van der Waals surface area contributed by atoms with Crippen molar-refractivity contribution in [1.82, 2.24) is 0 Å². The number of ether oxygens (including phenoxy) is 2. The Hall–Kier alpha value is -1.56. The smallest absolute Gasteiger partial charge is 0.462 e. The first kappa shape index (κ1) is 36.9. The lowest BCUT2D eigenvalue weighted by molar-refractivity contribution is -0.136. The zero-order chi connectivity index (χ0) is 33.7. The van der Waals surface area contributed by atoms with Crippen molar-refractivity contribution in [3.8, 4) is 5.75 Å². The number of rotatable bonds is 10. The van der Waals surface area contributed by atoms with Crippen LogP contribution in [0.25, 0.3) is 11.0 Å². The van der Waals surface area contributed by atoms with E-state index in [2.05, 4.69) is 46.1 Å². The first-order chi connectivity index (χ1) is 19.8. The van der Waals surface area contributed by atoms with Crippen molar-refractivity contribution >= 4 is 35.4 Å². The SMILES string of the molecule is COP(=O)(O)OC[C@H]1OC(Oc2ccc3c(C(F)(F)F)cc(=O)oc3c2)C(O[Si](C)(C)C(C)(C)C)C1O[Si](C)(C)C(C)(C)C. The molecule has 1 N–H and O–H groups in total. The second-order valence-electron chi connectivity index (χ2n) is 13.9. The largest absolute Gasteiger partial charge is 0.472 e. The van der Waals surface area contributed by atoms with Crippen LogP contribution in [0.2, 0.25) is 36.3 Å². The van der Waals surface area contributed by atoms with E-state index in [9.17, 15) is 27.4 Å². The molecule has 1 aliphatic rings. The van der Waals surface area contributed by atoms with E-state index < -0.39 is 73.0 Å². The predicted octanol–water partition coefficient (Wildman–Crippen LogP) is 7.46. The molecular formula is C28H44F3O10PSi2. The molecule has 0 bridgehead atoms. The minimum Gasteiger partial charge on any atom is -0.462 e. The predicted molar refractivity (Wildman–Crippen MR) is 164 cm³/mol. The van der Waals surface area contributed by atoms with E-state index in [1.165, 1.54) is 12.1 Å².